The highest BCUT2D eigenvalue weighted by Crippen LogP contribution is 2.36. The summed E-state index contributed by atoms with van der Waals surface area (Å²) in [6, 6.07) is 7.72. The van der Waals surface area contributed by atoms with Gasteiger partial charge in [-0.25, -0.2) is 0 Å². The van der Waals surface area contributed by atoms with Crippen LogP contribution in [0.15, 0.2) is 37.7 Å². The molecule has 1 fully saturated rings. The van der Waals surface area contributed by atoms with Gasteiger partial charge in [0.05, 0.1) is 5.54 Å². The van der Waals surface area contributed by atoms with Gasteiger partial charge in [0, 0.05) is 9.86 Å². The topological polar surface area (TPSA) is 78.1 Å². The molecule has 0 aliphatic heterocycles. The molecule has 0 bridgehead atoms. The molecule has 4 rings (SSSR count). The Morgan fingerprint density at radius 2 is 1.95 bits per heavy atom. The van der Waals surface area contributed by atoms with E-state index in [1.165, 1.54) is 0 Å². The van der Waals surface area contributed by atoms with Gasteiger partial charge in [-0.1, -0.05) is 33.9 Å². The van der Waals surface area contributed by atoms with Crippen molar-refractivity contribution in [1.82, 2.24) is 10.1 Å². The summed E-state index contributed by atoms with van der Waals surface area (Å²) >= 11 is 3.44. The quantitative estimate of drug-likeness (QED) is 0.708. The minimum atomic E-state index is -0.448. The van der Waals surface area contributed by atoms with Crippen LogP contribution in [0.5, 0.6) is 0 Å². The summed E-state index contributed by atoms with van der Waals surface area (Å²) in [5.41, 5.74) is 6.69. The number of benzene rings is 1. The minimum absolute atomic E-state index is 0. The average molecular weight is 385 g/mol. The maximum absolute atomic E-state index is 6.34. The SMILES string of the molecule is Cl.NC1(c2noc(-c3cc4cc(Br)ccc4o3)n2)CCCC1. The summed E-state index contributed by atoms with van der Waals surface area (Å²) in [5.74, 6) is 1.54. The Hall–Kier alpha value is -1.37. The van der Waals surface area contributed by atoms with E-state index in [1.54, 1.807) is 0 Å². The predicted molar refractivity (Wildman–Crippen MR) is 88.8 cm³/mol. The molecule has 3 aromatic rings. The van der Waals surface area contributed by atoms with Crippen LogP contribution in [0.1, 0.15) is 31.5 Å². The van der Waals surface area contributed by atoms with Gasteiger partial charge in [0.25, 0.3) is 5.89 Å². The molecule has 7 heteroatoms. The molecule has 1 saturated carbocycles. The number of hydrogen-bond donors (Lipinski definition) is 1. The Kier molecular flexibility index (Phi) is 4.01. The summed E-state index contributed by atoms with van der Waals surface area (Å²) in [6.07, 6.45) is 4.02. The lowest BCUT2D eigenvalue weighted by Gasteiger charge is -2.17. The molecule has 2 N–H and O–H groups in total. The van der Waals surface area contributed by atoms with Crippen molar-refractivity contribution in [2.24, 2.45) is 5.73 Å². The molecule has 2 heterocycles. The lowest BCUT2D eigenvalue weighted by Crippen LogP contribution is -2.34. The monoisotopic (exact) mass is 383 g/mol. The maximum atomic E-state index is 6.34. The van der Waals surface area contributed by atoms with E-state index >= 15 is 0 Å². The third-order valence-corrected chi connectivity index (χ3v) is 4.55. The van der Waals surface area contributed by atoms with Gasteiger partial charge in [-0.15, -0.1) is 12.4 Å². The fourth-order valence-corrected chi connectivity index (χ4v) is 3.25. The van der Waals surface area contributed by atoms with Gasteiger partial charge >= 0.3 is 0 Å². The molecule has 0 atom stereocenters. The molecule has 1 aliphatic carbocycles. The zero-order valence-corrected chi connectivity index (χ0v) is 14.1. The van der Waals surface area contributed by atoms with Crippen molar-refractivity contribution in [3.05, 3.63) is 34.6 Å². The van der Waals surface area contributed by atoms with E-state index in [4.69, 9.17) is 14.7 Å². The first-order valence-electron chi connectivity index (χ1n) is 6.97. The van der Waals surface area contributed by atoms with E-state index in [1.807, 2.05) is 24.3 Å². The molecular weight excluding hydrogens is 370 g/mol. The number of fused-ring (bicyclic) bond motifs is 1. The van der Waals surface area contributed by atoms with Crippen LogP contribution in [0.2, 0.25) is 0 Å². The standard InChI is InChI=1S/C15H14BrN3O2.ClH/c16-10-3-4-11-9(7-10)8-12(20-11)13-18-14(19-21-13)15(17)5-1-2-6-15;/h3-4,7-8H,1-2,5-6,17H2;1H. The molecule has 0 unspecified atom stereocenters. The van der Waals surface area contributed by atoms with Crippen molar-refractivity contribution in [3.63, 3.8) is 0 Å². The molecule has 1 aromatic carbocycles. The second-order valence-corrected chi connectivity index (χ2v) is 6.49. The average Bonchev–Trinajstić information content (AvgIpc) is 3.15. The fraction of sp³-hybridized carbons (Fsp3) is 0.333. The molecule has 0 saturated heterocycles. The van der Waals surface area contributed by atoms with Gasteiger partial charge in [-0.3, -0.25) is 0 Å². The highest BCUT2D eigenvalue weighted by Gasteiger charge is 2.36. The van der Waals surface area contributed by atoms with Crippen molar-refractivity contribution < 1.29 is 8.94 Å². The zero-order valence-electron chi connectivity index (χ0n) is 11.7. The minimum Gasteiger partial charge on any atom is -0.451 e. The van der Waals surface area contributed by atoms with E-state index in [2.05, 4.69) is 26.1 Å². The van der Waals surface area contributed by atoms with Crippen molar-refractivity contribution in [2.45, 2.75) is 31.2 Å². The van der Waals surface area contributed by atoms with Gasteiger partial charge in [0.15, 0.2) is 11.6 Å². The van der Waals surface area contributed by atoms with Gasteiger partial charge in [-0.05, 0) is 37.1 Å². The van der Waals surface area contributed by atoms with Crippen LogP contribution in [-0.4, -0.2) is 10.1 Å². The fourth-order valence-electron chi connectivity index (χ4n) is 2.87. The van der Waals surface area contributed by atoms with E-state index < -0.39 is 5.54 Å². The Balaban J connectivity index is 0.00000144. The maximum Gasteiger partial charge on any atom is 0.293 e. The third kappa shape index (κ3) is 2.55. The molecule has 0 amide bonds. The van der Waals surface area contributed by atoms with E-state index in [0.29, 0.717) is 17.5 Å². The molecule has 116 valence electrons. The number of rotatable bonds is 2. The van der Waals surface area contributed by atoms with E-state index in [9.17, 15) is 0 Å². The smallest absolute Gasteiger partial charge is 0.293 e. The number of nitrogens with two attached hydrogens (primary N) is 1. The number of nitrogens with zero attached hydrogens (tertiary/aromatic N) is 2. The van der Waals surface area contributed by atoms with Crippen LogP contribution in [0.4, 0.5) is 0 Å². The lowest BCUT2D eigenvalue weighted by atomic mass is 9.99. The predicted octanol–water partition coefficient (Wildman–Crippen LogP) is 4.40. The second-order valence-electron chi connectivity index (χ2n) is 5.58. The second kappa shape index (κ2) is 5.68. The number of furan rings is 1. The summed E-state index contributed by atoms with van der Waals surface area (Å²) in [6.45, 7) is 0. The molecule has 0 spiro atoms. The zero-order chi connectivity index (χ0) is 14.4. The molecule has 22 heavy (non-hydrogen) atoms. The molecular formula is C15H15BrClN3O2. The van der Waals surface area contributed by atoms with E-state index in [-0.39, 0.29) is 12.4 Å². The van der Waals surface area contributed by atoms with Crippen molar-refractivity contribution >= 4 is 39.3 Å². The number of halogens is 2. The third-order valence-electron chi connectivity index (χ3n) is 4.06. The van der Waals surface area contributed by atoms with Crippen LogP contribution in [-0.2, 0) is 5.54 Å². The van der Waals surface area contributed by atoms with Crippen molar-refractivity contribution in [1.29, 1.82) is 0 Å². The number of aromatic nitrogens is 2. The van der Waals surface area contributed by atoms with E-state index in [0.717, 1.165) is 41.1 Å². The summed E-state index contributed by atoms with van der Waals surface area (Å²) in [7, 11) is 0. The normalized spacial score (nSPS) is 16.8. The van der Waals surface area contributed by atoms with Crippen molar-refractivity contribution in [2.75, 3.05) is 0 Å². The van der Waals surface area contributed by atoms with Gasteiger partial charge in [-0.2, -0.15) is 4.98 Å². The van der Waals surface area contributed by atoms with Gasteiger partial charge in [0.2, 0.25) is 0 Å². The Morgan fingerprint density at radius 1 is 1.18 bits per heavy atom. The highest BCUT2D eigenvalue weighted by atomic mass is 79.9. The van der Waals surface area contributed by atoms with Crippen molar-refractivity contribution in [3.8, 4) is 11.7 Å². The molecule has 1 aliphatic rings. The molecule has 2 aromatic heterocycles. The highest BCUT2D eigenvalue weighted by molar-refractivity contribution is 9.10. The first kappa shape index (κ1) is 15.5. The van der Waals surface area contributed by atoms with Gasteiger partial charge in [0.1, 0.15) is 5.58 Å². The van der Waals surface area contributed by atoms with Crippen LogP contribution in [0.25, 0.3) is 22.6 Å². The summed E-state index contributed by atoms with van der Waals surface area (Å²) in [5, 5.41) is 5.04. The lowest BCUT2D eigenvalue weighted by molar-refractivity contribution is 0.369. The first-order chi connectivity index (χ1) is 10.1. The summed E-state index contributed by atoms with van der Waals surface area (Å²) < 4.78 is 12.1. The van der Waals surface area contributed by atoms with Crippen LogP contribution < -0.4 is 5.73 Å². The Morgan fingerprint density at radius 3 is 2.73 bits per heavy atom. The largest absolute Gasteiger partial charge is 0.451 e. The summed E-state index contributed by atoms with van der Waals surface area (Å²) in [4.78, 5) is 4.44. The van der Waals surface area contributed by atoms with Crippen LogP contribution in [0, 0.1) is 0 Å². The molecule has 5 nitrogen and oxygen atoms in total. The molecule has 0 radical (unpaired) electrons. The Labute approximate surface area is 141 Å². The number of hydrogen-bond acceptors (Lipinski definition) is 5. The van der Waals surface area contributed by atoms with Crippen LogP contribution in [0.3, 0.4) is 0 Å². The van der Waals surface area contributed by atoms with Crippen LogP contribution >= 0.6 is 28.3 Å². The first-order valence-corrected chi connectivity index (χ1v) is 7.76. The van der Waals surface area contributed by atoms with Gasteiger partial charge < -0.3 is 14.7 Å². The Bertz CT molecular complexity index is 808.